The minimum Gasteiger partial charge on any atom is -0.480 e. The van der Waals surface area contributed by atoms with Crippen molar-refractivity contribution in [3.05, 3.63) is 70.6 Å². The molecule has 144 valence electrons. The second-order valence-corrected chi connectivity index (χ2v) is 5.24. The molecule has 5 nitrogen and oxygen atoms in total. The molecular weight excluding hydrogens is 364 g/mol. The molecule has 1 fully saturated rings. The van der Waals surface area contributed by atoms with Crippen LogP contribution in [0.4, 0.5) is 0 Å². The number of carboxylic acids is 1. The van der Waals surface area contributed by atoms with Crippen molar-refractivity contribution < 1.29 is 39.3 Å². The lowest BCUT2D eigenvalue weighted by atomic mass is 9.96. The van der Waals surface area contributed by atoms with Gasteiger partial charge in [0, 0.05) is 47.2 Å². The number of ether oxygens (including phenoxy) is 1. The Kier molecular flexibility index (Phi) is 2.61. The van der Waals surface area contributed by atoms with Crippen LogP contribution >= 0.6 is 11.6 Å². The van der Waals surface area contributed by atoms with Gasteiger partial charge in [-0.15, -0.1) is 0 Å². The number of piperazine rings is 1. The van der Waals surface area contributed by atoms with E-state index in [9.17, 15) is 6.17 Å². The van der Waals surface area contributed by atoms with Crippen LogP contribution in [0.5, 0.6) is 0 Å². The average Bonchev–Trinajstić information content (AvgIpc) is 2.86. The summed E-state index contributed by atoms with van der Waals surface area (Å²) in [6.07, 6.45) is 0. The van der Waals surface area contributed by atoms with Gasteiger partial charge in [0.15, 0.2) is 0 Å². The van der Waals surface area contributed by atoms with Crippen molar-refractivity contribution >= 4 is 17.6 Å². The monoisotopic (exact) mass is 406 g/mol. The highest BCUT2D eigenvalue weighted by molar-refractivity contribution is 6.30. The Morgan fingerprint density at radius 1 is 1.30 bits per heavy atom. The molecule has 0 aromatic heterocycles. The molecule has 1 heterocycles. The number of hydrogen-bond donors (Lipinski definition) is 1. The van der Waals surface area contributed by atoms with Crippen LogP contribution in [0.1, 0.15) is 41.8 Å². The third kappa shape index (κ3) is 5.78. The largest absolute Gasteiger partial charge is 0.480 e. The number of carbonyl (C=O) groups is 1. The molecule has 2 aromatic carbocycles. The Morgan fingerprint density at radius 3 is 2.74 bits per heavy atom. The molecule has 0 saturated carbocycles. The maximum atomic E-state index is 11.2. The van der Waals surface area contributed by atoms with E-state index in [4.69, 9.17) is 40.0 Å². The van der Waals surface area contributed by atoms with Crippen molar-refractivity contribution in [3.63, 3.8) is 0 Å². The van der Waals surface area contributed by atoms with Crippen LogP contribution in [-0.4, -0.2) is 66.5 Å². The van der Waals surface area contributed by atoms with Gasteiger partial charge in [-0.2, -0.15) is 0 Å². The van der Waals surface area contributed by atoms with Gasteiger partial charge in [-0.3, -0.25) is 9.80 Å². The van der Waals surface area contributed by atoms with E-state index in [1.807, 2.05) is 0 Å². The van der Waals surface area contributed by atoms with Crippen molar-refractivity contribution in [3.8, 4) is 0 Å². The highest BCUT2D eigenvalue weighted by Gasteiger charge is 2.26. The van der Waals surface area contributed by atoms with Crippen LogP contribution < -0.4 is 0 Å². The second-order valence-electron chi connectivity index (χ2n) is 4.86. The first-order chi connectivity index (χ1) is 20.1. The SMILES string of the molecule is [2H]c1cc([2H])cc(C([2H])(c2c([2H])c([2H])c(Cl)c([2H])c2[2H])N2C([2H])([2H])C([2H])N(CC([2H])([2H])OC([2H])([2H])C(=O)O)C([2H])([2H])C2([2H])[2H])c1. The summed E-state index contributed by atoms with van der Waals surface area (Å²) in [5.74, 6) is -2.28. The topological polar surface area (TPSA) is 53.0 Å². The molecule has 2 atom stereocenters. The normalized spacial score (nSPS) is 37.1. The molecule has 3 rings (SSSR count). The lowest BCUT2D eigenvalue weighted by Gasteiger charge is -2.39. The van der Waals surface area contributed by atoms with E-state index in [0.717, 1.165) is 18.2 Å². The van der Waals surface area contributed by atoms with Gasteiger partial charge in [-0.25, -0.2) is 4.79 Å². The number of hydrogen-bond acceptors (Lipinski definition) is 4. The summed E-state index contributed by atoms with van der Waals surface area (Å²) < 4.78 is 155. The summed E-state index contributed by atoms with van der Waals surface area (Å²) in [6.45, 7) is -22.8. The molecule has 1 aliphatic rings. The van der Waals surface area contributed by atoms with Crippen molar-refractivity contribution in [2.45, 2.75) is 6.02 Å². The Hall–Kier alpha value is -1.92. The zero-order valence-electron chi connectivity index (χ0n) is 31.6. The van der Waals surface area contributed by atoms with Crippen LogP contribution in [0.3, 0.4) is 0 Å². The number of nitrogens with zero attached hydrogens (tertiary/aromatic N) is 2. The minimum absolute atomic E-state index is 0.0599. The zero-order chi connectivity index (χ0) is 35.0. The Bertz CT molecular complexity index is 1480. The molecule has 27 heavy (non-hydrogen) atoms. The predicted octanol–water partition coefficient (Wildman–Crippen LogP) is 3.15. The zero-order valence-corrected chi connectivity index (χ0v) is 14.3. The fraction of sp³-hybridized carbons (Fsp3) is 0.381. The van der Waals surface area contributed by atoms with Crippen molar-refractivity contribution in [1.29, 1.82) is 0 Å². The lowest BCUT2D eigenvalue weighted by molar-refractivity contribution is -0.142. The smallest absolute Gasteiger partial charge is 0.329 e. The minimum atomic E-state index is -3.90. The van der Waals surface area contributed by atoms with E-state index in [0.29, 0.717) is 0 Å². The maximum absolute atomic E-state index is 11.2. The summed E-state index contributed by atoms with van der Waals surface area (Å²) in [5, 5.41) is 8.26. The van der Waals surface area contributed by atoms with E-state index in [1.54, 1.807) is 0 Å². The van der Waals surface area contributed by atoms with Crippen LogP contribution in [0.15, 0.2) is 54.5 Å². The van der Waals surface area contributed by atoms with E-state index >= 15 is 0 Å². The number of carboxylic acid groups (broad SMARTS) is 1. The molecule has 1 aliphatic heterocycles. The van der Waals surface area contributed by atoms with Crippen LogP contribution in [0, 0.1) is 0 Å². The Balaban J connectivity index is 2.41. The summed E-state index contributed by atoms with van der Waals surface area (Å²) in [5.41, 5.74) is -1.77. The van der Waals surface area contributed by atoms with Crippen LogP contribution in [0.2, 0.25) is 5.02 Å². The van der Waals surface area contributed by atoms with Gasteiger partial charge in [0.2, 0.25) is 0 Å². The molecule has 0 bridgehead atoms. The molecule has 6 heteroatoms. The summed E-state index contributed by atoms with van der Waals surface area (Å²) in [7, 11) is 0. The molecule has 2 unspecified atom stereocenters. The summed E-state index contributed by atoms with van der Waals surface area (Å²) in [4.78, 5) is 10.9. The van der Waals surface area contributed by atoms with E-state index in [1.165, 1.54) is 0 Å². The molecule has 0 radical (unpaired) electrons. The third-order valence-electron chi connectivity index (χ3n) is 3.07. The fourth-order valence-corrected chi connectivity index (χ4v) is 2.08. The number of benzene rings is 2. The number of rotatable bonds is 8. The van der Waals surface area contributed by atoms with Gasteiger partial charge >= 0.3 is 5.97 Å². The van der Waals surface area contributed by atoms with Gasteiger partial charge in [-0.05, 0) is 23.2 Å². The fourth-order valence-electron chi connectivity index (χ4n) is 1.98. The summed E-state index contributed by atoms with van der Waals surface area (Å²) in [6, 6.07) is -5.85. The lowest BCUT2D eigenvalue weighted by Crippen LogP contribution is -2.48. The highest BCUT2D eigenvalue weighted by atomic mass is 35.5. The van der Waals surface area contributed by atoms with E-state index in [-0.39, 0.29) is 9.80 Å². The highest BCUT2D eigenvalue weighted by Crippen LogP contribution is 2.30. The molecule has 2 aromatic rings. The molecule has 0 aliphatic carbocycles. The maximum Gasteiger partial charge on any atom is 0.329 e. The molecule has 0 spiro atoms. The summed E-state index contributed by atoms with van der Waals surface area (Å²) >= 11 is 5.91. The van der Waals surface area contributed by atoms with Crippen molar-refractivity contribution in [2.24, 2.45) is 0 Å². The molecular formula is C21H25ClN2O3. The number of halogens is 1. The van der Waals surface area contributed by atoms with E-state index in [2.05, 4.69) is 4.74 Å². The third-order valence-corrected chi connectivity index (χ3v) is 3.26. The van der Waals surface area contributed by atoms with Gasteiger partial charge in [-0.1, -0.05) is 54.0 Å². The van der Waals surface area contributed by atoms with Gasteiger partial charge in [0.05, 0.1) is 27.7 Å². The molecule has 1 N–H and O–H groups in total. The Labute approximate surface area is 190 Å². The second kappa shape index (κ2) is 9.85. The van der Waals surface area contributed by atoms with Gasteiger partial charge < -0.3 is 9.84 Å². The molecule has 1 saturated heterocycles. The average molecular weight is 407 g/mol. The first-order valence-electron chi connectivity index (χ1n) is 16.4. The van der Waals surface area contributed by atoms with Gasteiger partial charge in [0.1, 0.15) is 6.56 Å². The first-order valence-corrected chi connectivity index (χ1v) is 7.75. The van der Waals surface area contributed by atoms with Crippen molar-refractivity contribution in [2.75, 3.05) is 45.7 Å². The Morgan fingerprint density at radius 2 is 2.04 bits per heavy atom. The quantitative estimate of drug-likeness (QED) is 0.729. The number of aliphatic carboxylic acids is 1. The van der Waals surface area contributed by atoms with E-state index < -0.39 is 110 Å². The van der Waals surface area contributed by atoms with Gasteiger partial charge in [0.25, 0.3) is 0 Å². The standard InChI is InChI=1S/C21H25ClN2O3/c22-19-8-6-18(7-9-19)21(17-4-2-1-3-5-17)24-12-10-23(11-13-24)14-15-27-16-20(25)26/h1-9,21H,10-16H2,(H,25,26)/i2D,3D,6D,7D,8D,9D,10D,11D2,12D2,13D2,15D2,16D2,21D. The predicted molar refractivity (Wildman–Crippen MR) is 106 cm³/mol. The first kappa shape index (κ1) is 7.16. The van der Waals surface area contributed by atoms with Crippen molar-refractivity contribution in [1.82, 2.24) is 9.80 Å². The molecule has 0 amide bonds. The van der Waals surface area contributed by atoms with Crippen LogP contribution in [0.25, 0.3) is 0 Å². The van der Waals surface area contributed by atoms with Crippen LogP contribution in [-0.2, 0) is 9.53 Å².